The van der Waals surface area contributed by atoms with Crippen LogP contribution in [0.25, 0.3) is 0 Å². The number of rotatable bonds is 2. The van der Waals surface area contributed by atoms with Gasteiger partial charge >= 0.3 is 0 Å². The quantitative estimate of drug-likeness (QED) is 0.913. The summed E-state index contributed by atoms with van der Waals surface area (Å²) in [7, 11) is 0. The van der Waals surface area contributed by atoms with Crippen LogP contribution in [0.1, 0.15) is 54.2 Å². The molecule has 2 aromatic rings. The Kier molecular flexibility index (Phi) is 3.41. The summed E-state index contributed by atoms with van der Waals surface area (Å²) < 4.78 is 1.86. The number of amides is 1. The van der Waals surface area contributed by atoms with Crippen molar-refractivity contribution in [2.45, 2.75) is 43.6 Å². The van der Waals surface area contributed by atoms with Gasteiger partial charge in [0.1, 0.15) is 0 Å². The molecule has 6 heteroatoms. The van der Waals surface area contributed by atoms with E-state index in [1.165, 1.54) is 24.8 Å². The molecule has 5 rings (SSSR count). The molecule has 0 radical (unpaired) electrons. The molecule has 1 saturated carbocycles. The maximum Gasteiger partial charge on any atom is 0.280 e. The van der Waals surface area contributed by atoms with Gasteiger partial charge < -0.3 is 10.2 Å². The minimum atomic E-state index is -0.0220. The minimum Gasteiger partial charge on any atom is -0.315 e. The molecule has 1 aliphatic carbocycles. The highest BCUT2D eigenvalue weighted by Gasteiger charge is 2.48. The van der Waals surface area contributed by atoms with Crippen molar-refractivity contribution >= 4 is 11.6 Å². The van der Waals surface area contributed by atoms with Crippen LogP contribution in [0.15, 0.2) is 30.5 Å². The van der Waals surface area contributed by atoms with Crippen molar-refractivity contribution in [2.75, 3.05) is 24.5 Å². The van der Waals surface area contributed by atoms with E-state index in [0.29, 0.717) is 11.7 Å². The Morgan fingerprint density at radius 3 is 2.88 bits per heavy atom. The molecule has 1 amide bonds. The Hall–Kier alpha value is -2.21. The largest absolute Gasteiger partial charge is 0.315 e. The molecule has 1 N–H and O–H groups in total. The molecule has 2 aliphatic heterocycles. The van der Waals surface area contributed by atoms with Gasteiger partial charge in [-0.25, -0.2) is 4.68 Å². The van der Waals surface area contributed by atoms with Crippen molar-refractivity contribution in [3.63, 3.8) is 0 Å². The van der Waals surface area contributed by atoms with E-state index in [1.54, 1.807) is 0 Å². The van der Waals surface area contributed by atoms with Crippen LogP contribution in [0.2, 0.25) is 0 Å². The number of carbonyl (C=O) groups is 1. The summed E-state index contributed by atoms with van der Waals surface area (Å²) >= 11 is 0. The Morgan fingerprint density at radius 2 is 2.12 bits per heavy atom. The zero-order chi connectivity index (χ0) is 16.9. The summed E-state index contributed by atoms with van der Waals surface area (Å²) in [5, 5.41) is 11.8. The number of hydrogen-bond donors (Lipinski definition) is 1. The highest BCUT2D eigenvalue weighted by molar-refractivity contribution is 6.06. The predicted octanol–water partition coefficient (Wildman–Crippen LogP) is 2.28. The van der Waals surface area contributed by atoms with E-state index < -0.39 is 0 Å². The molecule has 1 atom stereocenters. The number of hydrogen-bond acceptors (Lipinski definition) is 4. The number of anilines is 1. The Balaban J connectivity index is 1.42. The number of benzene rings is 1. The Morgan fingerprint density at radius 1 is 1.24 bits per heavy atom. The molecule has 3 heterocycles. The average molecular weight is 337 g/mol. The third-order valence-corrected chi connectivity index (χ3v) is 6.16. The number of nitrogens with one attached hydrogen (secondary N) is 1. The predicted molar refractivity (Wildman–Crippen MR) is 94.8 cm³/mol. The van der Waals surface area contributed by atoms with Gasteiger partial charge in [0, 0.05) is 24.2 Å². The van der Waals surface area contributed by atoms with Gasteiger partial charge in [-0.2, -0.15) is 0 Å². The van der Waals surface area contributed by atoms with Crippen LogP contribution in [-0.2, 0) is 5.41 Å². The molecule has 2 fully saturated rings. The molecule has 0 bridgehead atoms. The zero-order valence-corrected chi connectivity index (χ0v) is 14.3. The fourth-order valence-electron chi connectivity index (χ4n) is 4.59. The van der Waals surface area contributed by atoms with Gasteiger partial charge in [0.25, 0.3) is 5.91 Å². The van der Waals surface area contributed by atoms with E-state index in [-0.39, 0.29) is 11.3 Å². The van der Waals surface area contributed by atoms with E-state index in [9.17, 15) is 4.79 Å². The van der Waals surface area contributed by atoms with Crippen molar-refractivity contribution < 1.29 is 4.79 Å². The maximum absolute atomic E-state index is 13.1. The number of carbonyl (C=O) groups excluding carboxylic acids is 1. The minimum absolute atomic E-state index is 0.0220. The first-order valence-corrected chi connectivity index (χ1v) is 9.31. The summed E-state index contributed by atoms with van der Waals surface area (Å²) in [6.45, 7) is 2.74. The third kappa shape index (κ3) is 2.31. The molecule has 1 spiro atoms. The standard InChI is InChI=1S/C19H23N5O/c25-18(16-12-24(22-21-16)14-5-3-10-20-11-14)23-13-19(8-4-9-19)15-6-1-2-7-17(15)23/h1-2,6-7,12,14,20H,3-5,8-11,13H2. The van der Waals surface area contributed by atoms with Gasteiger partial charge in [-0.05, 0) is 43.9 Å². The van der Waals surface area contributed by atoms with Crippen LogP contribution in [0.5, 0.6) is 0 Å². The van der Waals surface area contributed by atoms with Crippen molar-refractivity contribution in [2.24, 2.45) is 0 Å². The van der Waals surface area contributed by atoms with Crippen molar-refractivity contribution in [3.8, 4) is 0 Å². The lowest BCUT2D eigenvalue weighted by molar-refractivity contribution is 0.0974. The van der Waals surface area contributed by atoms with Gasteiger partial charge in [-0.3, -0.25) is 4.79 Å². The lowest BCUT2D eigenvalue weighted by Gasteiger charge is -2.38. The van der Waals surface area contributed by atoms with Crippen LogP contribution < -0.4 is 10.2 Å². The van der Waals surface area contributed by atoms with Crippen LogP contribution in [0.3, 0.4) is 0 Å². The summed E-state index contributed by atoms with van der Waals surface area (Å²) in [4.78, 5) is 15.0. The molecule has 3 aliphatic rings. The second kappa shape index (κ2) is 5.66. The van der Waals surface area contributed by atoms with E-state index in [1.807, 2.05) is 21.8 Å². The SMILES string of the molecule is O=C(c1cn(C2CCCNC2)nn1)N1CC2(CCC2)c2ccccc21. The molecule has 1 saturated heterocycles. The number of fused-ring (bicyclic) bond motifs is 2. The highest BCUT2D eigenvalue weighted by Crippen LogP contribution is 2.52. The molecule has 25 heavy (non-hydrogen) atoms. The Bertz CT molecular complexity index is 804. The van der Waals surface area contributed by atoms with E-state index >= 15 is 0 Å². The van der Waals surface area contributed by atoms with Crippen LogP contribution in [0, 0.1) is 0 Å². The third-order valence-electron chi connectivity index (χ3n) is 6.16. The van der Waals surface area contributed by atoms with Crippen molar-refractivity contribution in [1.29, 1.82) is 0 Å². The molecular weight excluding hydrogens is 314 g/mol. The van der Waals surface area contributed by atoms with Crippen LogP contribution >= 0.6 is 0 Å². The zero-order valence-electron chi connectivity index (χ0n) is 14.3. The summed E-state index contributed by atoms with van der Waals surface area (Å²) in [5.41, 5.74) is 3.02. The molecular formula is C19H23N5O. The van der Waals surface area contributed by atoms with E-state index in [2.05, 4.69) is 33.8 Å². The lowest BCUT2D eigenvalue weighted by atomic mass is 9.66. The summed E-state index contributed by atoms with van der Waals surface area (Å²) in [5.74, 6) is -0.0220. The maximum atomic E-state index is 13.1. The van der Waals surface area contributed by atoms with Gasteiger partial charge in [-0.15, -0.1) is 5.10 Å². The van der Waals surface area contributed by atoms with Gasteiger partial charge in [-0.1, -0.05) is 29.8 Å². The van der Waals surface area contributed by atoms with E-state index in [0.717, 1.165) is 38.2 Å². The number of nitrogens with zero attached hydrogens (tertiary/aromatic N) is 4. The van der Waals surface area contributed by atoms with Crippen molar-refractivity contribution in [3.05, 3.63) is 41.7 Å². The fourth-order valence-corrected chi connectivity index (χ4v) is 4.59. The lowest BCUT2D eigenvalue weighted by Crippen LogP contribution is -2.41. The Labute approximate surface area is 147 Å². The fraction of sp³-hybridized carbons (Fsp3) is 0.526. The highest BCUT2D eigenvalue weighted by atomic mass is 16.2. The molecule has 6 nitrogen and oxygen atoms in total. The van der Waals surface area contributed by atoms with Gasteiger partial charge in [0.2, 0.25) is 0 Å². The monoisotopic (exact) mass is 337 g/mol. The first-order valence-electron chi connectivity index (χ1n) is 9.31. The topological polar surface area (TPSA) is 63.1 Å². The molecule has 130 valence electrons. The van der Waals surface area contributed by atoms with Crippen LogP contribution in [0.4, 0.5) is 5.69 Å². The normalized spacial score (nSPS) is 24.2. The van der Waals surface area contributed by atoms with E-state index in [4.69, 9.17) is 0 Å². The molecule has 1 aromatic heterocycles. The number of aromatic nitrogens is 3. The summed E-state index contributed by atoms with van der Waals surface area (Å²) in [6, 6.07) is 8.65. The first kappa shape index (κ1) is 15.1. The average Bonchev–Trinajstić information content (AvgIpc) is 3.25. The van der Waals surface area contributed by atoms with Gasteiger partial charge in [0.05, 0.1) is 12.2 Å². The molecule has 1 unspecified atom stereocenters. The second-order valence-corrected chi connectivity index (χ2v) is 7.63. The smallest absolute Gasteiger partial charge is 0.280 e. The van der Waals surface area contributed by atoms with Crippen molar-refractivity contribution in [1.82, 2.24) is 20.3 Å². The number of para-hydroxylation sites is 1. The first-order chi connectivity index (χ1) is 12.3. The molecule has 1 aromatic carbocycles. The second-order valence-electron chi connectivity index (χ2n) is 7.63. The van der Waals surface area contributed by atoms with Gasteiger partial charge in [0.15, 0.2) is 5.69 Å². The van der Waals surface area contributed by atoms with Crippen LogP contribution in [-0.4, -0.2) is 40.5 Å². The summed E-state index contributed by atoms with van der Waals surface area (Å²) in [6.07, 6.45) is 7.65. The number of piperidine rings is 1.